The number of benzene rings is 1. The van der Waals surface area contributed by atoms with Crippen LogP contribution in [0.5, 0.6) is 5.75 Å². The maximum absolute atomic E-state index is 11.6. The van der Waals surface area contributed by atoms with E-state index in [2.05, 4.69) is 39.1 Å². The SMILES string of the molecule is C[C@]1(c2ncc(Cl)cc2Cl)C=Cc2cccc(C3CCN(Cc4nc5ccc(C(=O)O)nc5n4C[C@@H]4CCO4)CC3)c2O1. The number of para-hydroxylation sites is 1. The first-order valence-electron chi connectivity index (χ1n) is 14.5. The van der Waals surface area contributed by atoms with E-state index in [9.17, 15) is 9.90 Å². The molecule has 0 amide bonds. The monoisotopic (exact) mass is 619 g/mol. The molecule has 1 aromatic carbocycles. The zero-order valence-corrected chi connectivity index (χ0v) is 25.2. The Hall–Kier alpha value is -3.50. The van der Waals surface area contributed by atoms with Crippen molar-refractivity contribution >= 4 is 46.4 Å². The summed E-state index contributed by atoms with van der Waals surface area (Å²) in [5, 5.41) is 10.4. The van der Waals surface area contributed by atoms with Gasteiger partial charge >= 0.3 is 5.97 Å². The van der Waals surface area contributed by atoms with Crippen molar-refractivity contribution in [3.8, 4) is 5.75 Å². The van der Waals surface area contributed by atoms with Gasteiger partial charge in [0.1, 0.15) is 22.8 Å². The molecule has 3 aliphatic rings. The van der Waals surface area contributed by atoms with E-state index < -0.39 is 11.6 Å². The van der Waals surface area contributed by atoms with Crippen LogP contribution < -0.4 is 4.74 Å². The number of hydrogen-bond donors (Lipinski definition) is 1. The highest BCUT2D eigenvalue weighted by Crippen LogP contribution is 2.44. The molecule has 3 aromatic heterocycles. The Balaban J connectivity index is 1.09. The minimum absolute atomic E-state index is 0.0176. The van der Waals surface area contributed by atoms with E-state index in [1.165, 1.54) is 11.6 Å². The fraction of sp³-hybridized carbons (Fsp3) is 0.375. The Kier molecular flexibility index (Phi) is 7.37. The first-order valence-corrected chi connectivity index (χ1v) is 15.3. The molecule has 0 unspecified atom stereocenters. The molecule has 1 N–H and O–H groups in total. The fourth-order valence-corrected chi connectivity index (χ4v) is 6.83. The normalized spacial score (nSPS) is 22.3. The third kappa shape index (κ3) is 5.40. The maximum atomic E-state index is 11.6. The topological polar surface area (TPSA) is 103 Å². The molecule has 0 saturated carbocycles. The zero-order chi connectivity index (χ0) is 29.7. The minimum Gasteiger partial charge on any atom is -0.477 e. The van der Waals surface area contributed by atoms with Gasteiger partial charge in [-0.25, -0.2) is 14.8 Å². The van der Waals surface area contributed by atoms with Crippen LogP contribution in [-0.4, -0.2) is 61.3 Å². The molecule has 3 aliphatic heterocycles. The molecule has 2 fully saturated rings. The lowest BCUT2D eigenvalue weighted by molar-refractivity contribution is -0.0593. The number of hydrogen-bond acceptors (Lipinski definition) is 7. The van der Waals surface area contributed by atoms with Crippen LogP contribution in [0.2, 0.25) is 10.0 Å². The summed E-state index contributed by atoms with van der Waals surface area (Å²) in [6, 6.07) is 11.3. The second kappa shape index (κ2) is 11.2. The molecule has 2 atom stereocenters. The van der Waals surface area contributed by atoms with Gasteiger partial charge in [0.15, 0.2) is 16.9 Å². The lowest BCUT2D eigenvalue weighted by Crippen LogP contribution is -2.36. The molecule has 9 nitrogen and oxygen atoms in total. The molecular formula is C32H31Cl2N5O4. The van der Waals surface area contributed by atoms with Crippen LogP contribution in [0.3, 0.4) is 0 Å². The van der Waals surface area contributed by atoms with E-state index in [1.54, 1.807) is 18.3 Å². The van der Waals surface area contributed by atoms with Crippen LogP contribution in [-0.2, 0) is 23.4 Å². The van der Waals surface area contributed by atoms with Gasteiger partial charge in [0.25, 0.3) is 0 Å². The highest BCUT2D eigenvalue weighted by atomic mass is 35.5. The second-order valence-electron chi connectivity index (χ2n) is 11.6. The average molecular weight is 621 g/mol. The van der Waals surface area contributed by atoms with Gasteiger partial charge in [-0.3, -0.25) is 9.88 Å². The molecule has 6 heterocycles. The summed E-state index contributed by atoms with van der Waals surface area (Å²) in [4.78, 5) is 27.8. The van der Waals surface area contributed by atoms with Crippen molar-refractivity contribution in [2.45, 2.75) is 56.9 Å². The molecule has 4 aromatic rings. The second-order valence-corrected chi connectivity index (χ2v) is 12.5. The third-order valence-corrected chi connectivity index (χ3v) is 9.21. The van der Waals surface area contributed by atoms with Gasteiger partial charge in [0.05, 0.1) is 29.2 Å². The molecule has 0 bridgehead atoms. The summed E-state index contributed by atoms with van der Waals surface area (Å²) in [5.74, 6) is 1.04. The fourth-order valence-electron chi connectivity index (χ4n) is 6.26. The Labute approximate surface area is 259 Å². The molecular weight excluding hydrogens is 589 g/mol. The number of halogens is 2. The largest absolute Gasteiger partial charge is 0.477 e. The average Bonchev–Trinajstić information content (AvgIpc) is 3.30. The van der Waals surface area contributed by atoms with E-state index in [0.29, 0.717) is 45.9 Å². The van der Waals surface area contributed by atoms with Crippen molar-refractivity contribution in [2.24, 2.45) is 0 Å². The van der Waals surface area contributed by atoms with Crippen LogP contribution >= 0.6 is 23.2 Å². The Morgan fingerprint density at radius 3 is 2.67 bits per heavy atom. The number of carboxylic acids is 1. The highest BCUT2D eigenvalue weighted by Gasteiger charge is 2.36. The van der Waals surface area contributed by atoms with Crippen LogP contribution in [0, 0.1) is 0 Å². The lowest BCUT2D eigenvalue weighted by atomic mass is 9.86. The number of rotatable bonds is 7. The lowest BCUT2D eigenvalue weighted by Gasteiger charge is -2.36. The van der Waals surface area contributed by atoms with E-state index in [4.69, 9.17) is 37.7 Å². The van der Waals surface area contributed by atoms with Gasteiger partial charge in [-0.05, 0) is 75.0 Å². The van der Waals surface area contributed by atoms with Crippen molar-refractivity contribution in [3.05, 3.63) is 87.1 Å². The summed E-state index contributed by atoms with van der Waals surface area (Å²) >= 11 is 12.6. The first kappa shape index (κ1) is 28.3. The predicted octanol–water partition coefficient (Wildman–Crippen LogP) is 6.32. The Bertz CT molecular complexity index is 1750. The number of aromatic nitrogens is 4. The summed E-state index contributed by atoms with van der Waals surface area (Å²) in [5.41, 5.74) is 3.37. The Morgan fingerprint density at radius 1 is 1.14 bits per heavy atom. The van der Waals surface area contributed by atoms with Crippen LogP contribution in [0.4, 0.5) is 0 Å². The maximum Gasteiger partial charge on any atom is 0.354 e. The number of piperidine rings is 1. The molecule has 0 aliphatic carbocycles. The minimum atomic E-state index is -1.05. The molecule has 7 rings (SSSR count). The van der Waals surface area contributed by atoms with Gasteiger partial charge in [-0.15, -0.1) is 0 Å². The number of fused-ring (bicyclic) bond motifs is 2. The predicted molar refractivity (Wildman–Crippen MR) is 164 cm³/mol. The van der Waals surface area contributed by atoms with Gasteiger partial charge in [0, 0.05) is 18.4 Å². The van der Waals surface area contributed by atoms with Gasteiger partial charge in [0.2, 0.25) is 0 Å². The van der Waals surface area contributed by atoms with Gasteiger partial charge < -0.3 is 19.1 Å². The molecule has 43 heavy (non-hydrogen) atoms. The standard InChI is InChI=1S/C32H31Cl2N5O4/c1-32(29-24(34)15-21(33)16-35-29)11-7-20-3-2-4-23(28(20)43-32)19-8-12-38(13-9-19)18-27-36-25-5-6-26(31(40)41)37-30(25)39(27)17-22-10-14-42-22/h2-7,11,15-16,19,22H,8-10,12-14,17-18H2,1H3,(H,40,41)/t22-,32+/m0/s1. The number of imidazole rings is 1. The van der Waals surface area contributed by atoms with Gasteiger partial charge in [-0.1, -0.05) is 47.5 Å². The van der Waals surface area contributed by atoms with Crippen molar-refractivity contribution in [2.75, 3.05) is 19.7 Å². The number of nitrogens with zero attached hydrogens (tertiary/aromatic N) is 5. The number of carboxylic acid groups (broad SMARTS) is 1. The van der Waals surface area contributed by atoms with E-state index in [-0.39, 0.29) is 11.8 Å². The van der Waals surface area contributed by atoms with Crippen molar-refractivity contribution in [3.63, 3.8) is 0 Å². The number of aromatic carboxylic acids is 1. The van der Waals surface area contributed by atoms with E-state index in [0.717, 1.165) is 56.1 Å². The summed E-state index contributed by atoms with van der Waals surface area (Å²) in [6.07, 6.45) is 8.68. The number of carbonyl (C=O) groups is 1. The quantitative estimate of drug-likeness (QED) is 0.256. The van der Waals surface area contributed by atoms with Crippen molar-refractivity contribution in [1.29, 1.82) is 0 Å². The van der Waals surface area contributed by atoms with Crippen LogP contribution in [0.25, 0.3) is 17.2 Å². The van der Waals surface area contributed by atoms with E-state index in [1.807, 2.05) is 17.6 Å². The van der Waals surface area contributed by atoms with Crippen molar-refractivity contribution < 1.29 is 19.4 Å². The van der Waals surface area contributed by atoms with E-state index >= 15 is 0 Å². The molecule has 0 spiro atoms. The summed E-state index contributed by atoms with van der Waals surface area (Å²) < 4.78 is 14.4. The zero-order valence-electron chi connectivity index (χ0n) is 23.7. The Morgan fingerprint density at radius 2 is 1.95 bits per heavy atom. The number of likely N-dealkylation sites (tertiary alicyclic amines) is 1. The number of ether oxygens (including phenoxy) is 2. The van der Waals surface area contributed by atoms with Crippen molar-refractivity contribution in [1.82, 2.24) is 24.4 Å². The highest BCUT2D eigenvalue weighted by molar-refractivity contribution is 6.34. The summed E-state index contributed by atoms with van der Waals surface area (Å²) in [6.45, 7) is 5.78. The summed E-state index contributed by atoms with van der Waals surface area (Å²) in [7, 11) is 0. The van der Waals surface area contributed by atoms with Gasteiger partial charge in [-0.2, -0.15) is 0 Å². The molecule has 11 heteroatoms. The molecule has 2 saturated heterocycles. The van der Waals surface area contributed by atoms with Crippen LogP contribution in [0.15, 0.2) is 48.7 Å². The molecule has 0 radical (unpaired) electrons. The number of pyridine rings is 2. The third-order valence-electron chi connectivity index (χ3n) is 8.71. The van der Waals surface area contributed by atoms with Crippen LogP contribution in [0.1, 0.15) is 65.2 Å². The first-order chi connectivity index (χ1) is 20.8. The smallest absolute Gasteiger partial charge is 0.354 e. The molecule has 222 valence electrons.